The molecule has 2 rings (SSSR count). The van der Waals surface area contributed by atoms with E-state index >= 15 is 0 Å². The summed E-state index contributed by atoms with van der Waals surface area (Å²) in [4.78, 5) is 35.9. The second-order valence-electron chi connectivity index (χ2n) is 7.12. The van der Waals surface area contributed by atoms with Gasteiger partial charge in [0, 0.05) is 13.0 Å². The molecule has 2 aromatic rings. The molecule has 0 saturated heterocycles. The van der Waals surface area contributed by atoms with Gasteiger partial charge in [-0.05, 0) is 24.0 Å². The SMILES string of the molecule is O=C(CCCCNC(=O)C(CO)CC(=O)OCc1ccccc1)OCc1ccccc1. The lowest BCUT2D eigenvalue weighted by Gasteiger charge is -2.14. The molecule has 1 unspecified atom stereocenters. The van der Waals surface area contributed by atoms with Crippen molar-refractivity contribution in [3.63, 3.8) is 0 Å². The van der Waals surface area contributed by atoms with E-state index in [-0.39, 0.29) is 32.0 Å². The van der Waals surface area contributed by atoms with Crippen LogP contribution in [-0.2, 0) is 37.1 Å². The number of carbonyl (C=O) groups is 3. The van der Waals surface area contributed by atoms with Gasteiger partial charge in [0.25, 0.3) is 0 Å². The largest absolute Gasteiger partial charge is 0.461 e. The number of ether oxygens (including phenoxy) is 2. The molecule has 0 aliphatic rings. The molecule has 1 amide bonds. The molecule has 0 saturated carbocycles. The molecular formula is C24H29NO6. The van der Waals surface area contributed by atoms with Gasteiger partial charge in [-0.1, -0.05) is 60.7 Å². The molecule has 2 aromatic carbocycles. The highest BCUT2D eigenvalue weighted by Gasteiger charge is 2.21. The minimum absolute atomic E-state index is 0.125. The number of rotatable bonds is 13. The van der Waals surface area contributed by atoms with E-state index in [0.29, 0.717) is 19.4 Å². The fourth-order valence-corrected chi connectivity index (χ4v) is 2.80. The molecule has 166 valence electrons. The molecular weight excluding hydrogens is 398 g/mol. The molecule has 0 aliphatic heterocycles. The third-order valence-electron chi connectivity index (χ3n) is 4.60. The predicted molar refractivity (Wildman–Crippen MR) is 115 cm³/mol. The van der Waals surface area contributed by atoms with Gasteiger partial charge in [-0.3, -0.25) is 14.4 Å². The molecule has 0 bridgehead atoms. The van der Waals surface area contributed by atoms with Gasteiger partial charge in [-0.15, -0.1) is 0 Å². The average Bonchev–Trinajstić information content (AvgIpc) is 2.80. The van der Waals surface area contributed by atoms with Crippen molar-refractivity contribution >= 4 is 17.8 Å². The molecule has 0 aromatic heterocycles. The Morgan fingerprint density at radius 3 is 1.90 bits per heavy atom. The first-order valence-corrected chi connectivity index (χ1v) is 10.4. The number of amides is 1. The first kappa shape index (κ1) is 24.1. The summed E-state index contributed by atoms with van der Waals surface area (Å²) in [6, 6.07) is 18.7. The summed E-state index contributed by atoms with van der Waals surface area (Å²) in [5.41, 5.74) is 1.78. The summed E-state index contributed by atoms with van der Waals surface area (Å²) < 4.78 is 10.4. The number of hydrogen-bond donors (Lipinski definition) is 2. The quantitative estimate of drug-likeness (QED) is 0.376. The summed E-state index contributed by atoms with van der Waals surface area (Å²) in [5, 5.41) is 12.1. The summed E-state index contributed by atoms with van der Waals surface area (Å²) in [5.74, 6) is -2.10. The van der Waals surface area contributed by atoms with Crippen LogP contribution in [0.25, 0.3) is 0 Å². The number of benzene rings is 2. The van der Waals surface area contributed by atoms with E-state index in [2.05, 4.69) is 5.32 Å². The Labute approximate surface area is 182 Å². The van der Waals surface area contributed by atoms with Gasteiger partial charge in [0.1, 0.15) is 13.2 Å². The van der Waals surface area contributed by atoms with Crippen LogP contribution in [0, 0.1) is 5.92 Å². The zero-order chi connectivity index (χ0) is 22.3. The van der Waals surface area contributed by atoms with Crippen LogP contribution in [0.3, 0.4) is 0 Å². The highest BCUT2D eigenvalue weighted by atomic mass is 16.5. The lowest BCUT2D eigenvalue weighted by Crippen LogP contribution is -2.35. The Bertz CT molecular complexity index is 809. The van der Waals surface area contributed by atoms with Crippen LogP contribution >= 0.6 is 0 Å². The summed E-state index contributed by atoms with van der Waals surface area (Å²) in [6.07, 6.45) is 1.22. The van der Waals surface area contributed by atoms with Crippen molar-refractivity contribution in [1.82, 2.24) is 5.32 Å². The number of aliphatic hydroxyl groups excluding tert-OH is 1. The third-order valence-corrected chi connectivity index (χ3v) is 4.60. The van der Waals surface area contributed by atoms with Crippen LogP contribution in [0.5, 0.6) is 0 Å². The standard InChI is InChI=1S/C24H29NO6/c26-16-21(15-23(28)31-18-20-11-5-2-6-12-20)24(29)25-14-8-7-13-22(27)30-17-19-9-3-1-4-10-19/h1-6,9-12,21,26H,7-8,13-18H2,(H,25,29). The highest BCUT2D eigenvalue weighted by molar-refractivity contribution is 5.83. The molecule has 7 nitrogen and oxygen atoms in total. The Morgan fingerprint density at radius 1 is 0.806 bits per heavy atom. The van der Waals surface area contributed by atoms with Crippen molar-refractivity contribution in [3.8, 4) is 0 Å². The number of aliphatic hydroxyl groups is 1. The van der Waals surface area contributed by atoms with Crippen molar-refractivity contribution < 1.29 is 29.0 Å². The van der Waals surface area contributed by atoms with Crippen LogP contribution < -0.4 is 5.32 Å². The lowest BCUT2D eigenvalue weighted by atomic mass is 10.1. The van der Waals surface area contributed by atoms with E-state index in [1.165, 1.54) is 0 Å². The minimum Gasteiger partial charge on any atom is -0.461 e. The van der Waals surface area contributed by atoms with Gasteiger partial charge in [0.2, 0.25) is 5.91 Å². The smallest absolute Gasteiger partial charge is 0.307 e. The second kappa shape index (κ2) is 13.9. The van der Waals surface area contributed by atoms with Crippen LogP contribution in [0.4, 0.5) is 0 Å². The molecule has 0 heterocycles. The van der Waals surface area contributed by atoms with Crippen LogP contribution in [0.2, 0.25) is 0 Å². The number of hydrogen-bond acceptors (Lipinski definition) is 6. The van der Waals surface area contributed by atoms with E-state index in [9.17, 15) is 19.5 Å². The Kier molecular flexibility index (Phi) is 10.8. The van der Waals surface area contributed by atoms with E-state index in [1.807, 2.05) is 60.7 Å². The molecule has 7 heteroatoms. The van der Waals surface area contributed by atoms with Crippen molar-refractivity contribution in [3.05, 3.63) is 71.8 Å². The normalized spacial score (nSPS) is 11.4. The Hall–Kier alpha value is -3.19. The zero-order valence-corrected chi connectivity index (χ0v) is 17.5. The maximum absolute atomic E-state index is 12.2. The fourth-order valence-electron chi connectivity index (χ4n) is 2.80. The van der Waals surface area contributed by atoms with Crippen LogP contribution in [0.1, 0.15) is 36.8 Å². The number of carbonyl (C=O) groups excluding carboxylic acids is 3. The maximum Gasteiger partial charge on any atom is 0.307 e. The maximum atomic E-state index is 12.2. The van der Waals surface area contributed by atoms with Gasteiger partial charge in [0.05, 0.1) is 18.9 Å². The molecule has 0 aliphatic carbocycles. The van der Waals surface area contributed by atoms with E-state index < -0.39 is 24.4 Å². The molecule has 31 heavy (non-hydrogen) atoms. The first-order valence-electron chi connectivity index (χ1n) is 10.4. The van der Waals surface area contributed by atoms with Gasteiger partial charge in [-0.25, -0.2) is 0 Å². The third kappa shape index (κ3) is 9.91. The van der Waals surface area contributed by atoms with E-state index in [4.69, 9.17) is 9.47 Å². The number of unbranched alkanes of at least 4 members (excludes halogenated alkanes) is 1. The fraction of sp³-hybridized carbons (Fsp3) is 0.375. The molecule has 1 atom stereocenters. The molecule has 0 radical (unpaired) electrons. The lowest BCUT2D eigenvalue weighted by molar-refractivity contribution is -0.149. The molecule has 0 spiro atoms. The molecule has 2 N–H and O–H groups in total. The highest BCUT2D eigenvalue weighted by Crippen LogP contribution is 2.08. The summed E-state index contributed by atoms with van der Waals surface area (Å²) in [7, 11) is 0. The van der Waals surface area contributed by atoms with E-state index in [1.54, 1.807) is 0 Å². The van der Waals surface area contributed by atoms with Gasteiger partial charge < -0.3 is 19.9 Å². The van der Waals surface area contributed by atoms with Crippen molar-refractivity contribution in [2.24, 2.45) is 5.92 Å². The molecule has 0 fully saturated rings. The van der Waals surface area contributed by atoms with Gasteiger partial charge in [-0.2, -0.15) is 0 Å². The van der Waals surface area contributed by atoms with Crippen LogP contribution in [-0.4, -0.2) is 36.1 Å². The Balaban J connectivity index is 1.57. The average molecular weight is 427 g/mol. The van der Waals surface area contributed by atoms with E-state index in [0.717, 1.165) is 11.1 Å². The van der Waals surface area contributed by atoms with Crippen molar-refractivity contribution in [1.29, 1.82) is 0 Å². The zero-order valence-electron chi connectivity index (χ0n) is 17.5. The van der Waals surface area contributed by atoms with Gasteiger partial charge in [0.15, 0.2) is 0 Å². The Morgan fingerprint density at radius 2 is 1.35 bits per heavy atom. The minimum atomic E-state index is -0.862. The van der Waals surface area contributed by atoms with Gasteiger partial charge >= 0.3 is 11.9 Å². The topological polar surface area (TPSA) is 102 Å². The van der Waals surface area contributed by atoms with Crippen LogP contribution in [0.15, 0.2) is 60.7 Å². The summed E-state index contributed by atoms with van der Waals surface area (Å²) >= 11 is 0. The number of esters is 2. The second-order valence-corrected chi connectivity index (χ2v) is 7.12. The monoisotopic (exact) mass is 427 g/mol. The first-order chi connectivity index (χ1) is 15.1. The predicted octanol–water partition coefficient (Wildman–Crippen LogP) is 2.76. The summed E-state index contributed by atoms with van der Waals surface area (Å²) in [6.45, 7) is 0.271. The van der Waals surface area contributed by atoms with Crippen molar-refractivity contribution in [2.45, 2.75) is 38.9 Å². The number of nitrogens with one attached hydrogen (secondary N) is 1. The van der Waals surface area contributed by atoms with Crippen molar-refractivity contribution in [2.75, 3.05) is 13.2 Å².